The summed E-state index contributed by atoms with van der Waals surface area (Å²) in [7, 11) is -5.11. The molecule has 1 aliphatic carbocycles. The van der Waals surface area contributed by atoms with Gasteiger partial charge in [-0.1, -0.05) is 174 Å². The fraction of sp³-hybridized carbons (Fsp3) is 0.911. The molecule has 0 bridgehead atoms. The molecule has 1 saturated carbocycles. The van der Waals surface area contributed by atoms with Crippen LogP contribution in [0.3, 0.4) is 0 Å². The molecule has 0 amide bonds. The minimum Gasteiger partial charge on any atom is -0.462 e. The molecule has 0 spiro atoms. The summed E-state index contributed by atoms with van der Waals surface area (Å²) < 4.78 is 33.3. The Bertz CT molecular complexity index is 1090. The van der Waals surface area contributed by atoms with E-state index in [1.165, 1.54) is 116 Å². The molecule has 1 aliphatic rings. The predicted molar refractivity (Wildman–Crippen MR) is 231 cm³/mol. The van der Waals surface area contributed by atoms with E-state index in [1.807, 2.05) is 6.08 Å². The average molecular weight is 865 g/mol. The van der Waals surface area contributed by atoms with Crippen LogP contribution < -0.4 is 0 Å². The third-order valence-corrected chi connectivity index (χ3v) is 12.1. The van der Waals surface area contributed by atoms with E-state index in [9.17, 15) is 44.6 Å². The zero-order chi connectivity index (χ0) is 43.6. The molecule has 0 aromatic heterocycles. The molecule has 0 aromatic carbocycles. The van der Waals surface area contributed by atoms with E-state index < -0.39 is 75.7 Å². The summed E-state index contributed by atoms with van der Waals surface area (Å²) in [6.07, 6.45) is 24.7. The lowest BCUT2D eigenvalue weighted by Gasteiger charge is -2.41. The minimum atomic E-state index is -5.11. The Kier molecular flexibility index (Phi) is 34.0. The number of phosphoric acid groups is 1. The van der Waals surface area contributed by atoms with Gasteiger partial charge in [0.25, 0.3) is 0 Å². The van der Waals surface area contributed by atoms with Gasteiger partial charge in [0, 0.05) is 12.8 Å². The fourth-order valence-electron chi connectivity index (χ4n) is 7.29. The van der Waals surface area contributed by atoms with Gasteiger partial charge in [0.05, 0.1) is 6.61 Å². The van der Waals surface area contributed by atoms with Gasteiger partial charge in [0.1, 0.15) is 43.2 Å². The minimum absolute atomic E-state index is 0.0534. The lowest BCUT2D eigenvalue weighted by Crippen LogP contribution is -2.64. The van der Waals surface area contributed by atoms with Gasteiger partial charge in [-0.05, 0) is 32.1 Å². The van der Waals surface area contributed by atoms with E-state index in [1.54, 1.807) is 0 Å². The van der Waals surface area contributed by atoms with Crippen molar-refractivity contribution in [3.05, 3.63) is 12.2 Å². The Balaban J connectivity index is 2.34. The lowest BCUT2D eigenvalue weighted by atomic mass is 9.85. The topological polar surface area (TPSA) is 210 Å². The van der Waals surface area contributed by atoms with Crippen molar-refractivity contribution in [2.45, 2.75) is 249 Å². The Morgan fingerprint density at radius 2 is 0.881 bits per heavy atom. The number of rotatable bonds is 39. The van der Waals surface area contributed by atoms with E-state index in [0.717, 1.165) is 44.9 Å². The normalized spacial score (nSPS) is 22.4. The van der Waals surface area contributed by atoms with Crippen molar-refractivity contribution in [3.63, 3.8) is 0 Å². The van der Waals surface area contributed by atoms with Gasteiger partial charge in [-0.2, -0.15) is 0 Å². The fourth-order valence-corrected chi connectivity index (χ4v) is 8.26. The number of aliphatic hydroxyl groups excluding tert-OH is 5. The molecule has 0 radical (unpaired) electrons. The van der Waals surface area contributed by atoms with Gasteiger partial charge >= 0.3 is 19.8 Å². The van der Waals surface area contributed by atoms with Crippen LogP contribution in [0.25, 0.3) is 0 Å². The summed E-state index contributed by atoms with van der Waals surface area (Å²) in [6.45, 7) is 3.23. The number of hydrogen-bond donors (Lipinski definition) is 6. The van der Waals surface area contributed by atoms with E-state index in [-0.39, 0.29) is 12.8 Å². The molecule has 59 heavy (non-hydrogen) atoms. The van der Waals surface area contributed by atoms with Crippen LogP contribution in [0.4, 0.5) is 0 Å². The average Bonchev–Trinajstić information content (AvgIpc) is 3.21. The van der Waals surface area contributed by atoms with E-state index in [0.29, 0.717) is 19.3 Å². The van der Waals surface area contributed by atoms with E-state index in [2.05, 4.69) is 19.9 Å². The maximum Gasteiger partial charge on any atom is 0.472 e. The molecule has 6 N–H and O–H groups in total. The highest BCUT2D eigenvalue weighted by Crippen LogP contribution is 2.47. The Morgan fingerprint density at radius 1 is 0.508 bits per heavy atom. The van der Waals surface area contributed by atoms with Crippen LogP contribution in [0, 0.1) is 0 Å². The van der Waals surface area contributed by atoms with Crippen LogP contribution in [-0.2, 0) is 32.7 Å². The van der Waals surface area contributed by atoms with Crippen molar-refractivity contribution in [1.82, 2.24) is 0 Å². The molecule has 6 unspecified atom stereocenters. The van der Waals surface area contributed by atoms with Gasteiger partial charge < -0.3 is 39.9 Å². The first-order chi connectivity index (χ1) is 28.4. The van der Waals surface area contributed by atoms with Crippen molar-refractivity contribution in [2.24, 2.45) is 0 Å². The number of carbonyl (C=O) groups is 2. The Labute approximate surface area is 356 Å². The van der Waals surface area contributed by atoms with Crippen LogP contribution >= 0.6 is 7.82 Å². The van der Waals surface area contributed by atoms with Gasteiger partial charge in [-0.3, -0.25) is 18.6 Å². The largest absolute Gasteiger partial charge is 0.472 e. The highest BCUT2D eigenvalue weighted by atomic mass is 31.2. The number of allylic oxidation sites excluding steroid dienone is 2. The quantitative estimate of drug-likeness (QED) is 0.0148. The number of esters is 2. The third kappa shape index (κ3) is 28.7. The number of hydrogen-bond acceptors (Lipinski definition) is 12. The molecule has 0 heterocycles. The molecular weight excluding hydrogens is 779 g/mol. The van der Waals surface area contributed by atoms with Gasteiger partial charge in [0.15, 0.2) is 6.10 Å². The monoisotopic (exact) mass is 865 g/mol. The van der Waals surface area contributed by atoms with Crippen LogP contribution in [0.15, 0.2) is 12.2 Å². The first-order valence-corrected chi connectivity index (χ1v) is 25.0. The number of aliphatic hydroxyl groups is 5. The number of phosphoric ester groups is 1. The molecule has 0 saturated heterocycles. The molecule has 348 valence electrons. The smallest absolute Gasteiger partial charge is 0.462 e. The number of unbranched alkanes of at least 4 members (excludes halogenated alkanes) is 25. The van der Waals surface area contributed by atoms with Crippen LogP contribution in [0.5, 0.6) is 0 Å². The van der Waals surface area contributed by atoms with Gasteiger partial charge in [0.2, 0.25) is 0 Å². The SMILES string of the molecule is CCCCCCCCCCCCCCCCCCCC/C=C/CCCC(=O)O[C@H](COC(=O)CCCCCCCCC)COP(=O)(O)OC1C(O)C(O)C(O)[C@@H](O)C1O. The third-order valence-electron chi connectivity index (χ3n) is 11.1. The molecule has 14 heteroatoms. The van der Waals surface area contributed by atoms with Crippen LogP contribution in [0.2, 0.25) is 0 Å². The molecule has 1 rings (SSSR count). The number of carbonyl (C=O) groups excluding carboxylic acids is 2. The van der Waals surface area contributed by atoms with Crippen LogP contribution in [-0.4, -0.2) is 98.3 Å². The summed E-state index contributed by atoms with van der Waals surface area (Å²) in [5.74, 6) is -1.14. The molecule has 1 fully saturated rings. The Morgan fingerprint density at radius 3 is 1.34 bits per heavy atom. The van der Waals surface area contributed by atoms with Gasteiger partial charge in [-0.25, -0.2) is 4.57 Å². The van der Waals surface area contributed by atoms with Crippen molar-refractivity contribution in [3.8, 4) is 0 Å². The molecular formula is C45H85O13P. The maximum absolute atomic E-state index is 12.8. The first kappa shape index (κ1) is 55.6. The van der Waals surface area contributed by atoms with Crippen LogP contribution in [0.1, 0.15) is 206 Å². The first-order valence-electron chi connectivity index (χ1n) is 23.5. The summed E-state index contributed by atoms with van der Waals surface area (Å²) >= 11 is 0. The summed E-state index contributed by atoms with van der Waals surface area (Å²) in [4.78, 5) is 35.5. The zero-order valence-electron chi connectivity index (χ0n) is 36.8. The van der Waals surface area contributed by atoms with E-state index in [4.69, 9.17) is 18.5 Å². The summed E-state index contributed by atoms with van der Waals surface area (Å²) in [5.41, 5.74) is 0. The maximum atomic E-state index is 12.8. The lowest BCUT2D eigenvalue weighted by molar-refractivity contribution is -0.220. The van der Waals surface area contributed by atoms with Crippen molar-refractivity contribution < 1.29 is 63.1 Å². The molecule has 0 aromatic rings. The second kappa shape index (κ2) is 36.1. The second-order valence-corrected chi connectivity index (χ2v) is 18.0. The zero-order valence-corrected chi connectivity index (χ0v) is 37.7. The summed E-state index contributed by atoms with van der Waals surface area (Å²) in [6, 6.07) is 0. The Hall–Kier alpha value is -1.41. The standard InChI is InChI=1S/C45H85O13P/c1-3-5-7-9-11-12-13-14-15-16-17-18-19-20-21-22-23-24-25-26-28-30-32-34-39(47)57-37(35-55-38(46)33-31-29-27-10-8-6-4-2)36-56-59(53,54)58-45-43(51)41(49)40(48)42(50)44(45)52/h26,28,37,40-45,48-52H,3-25,27,29-36H2,1-2H3,(H,53,54)/b28-26+/t37-,40?,41-,42?,43?,44?,45?/m1/s1. The van der Waals surface area contributed by atoms with Crippen molar-refractivity contribution in [1.29, 1.82) is 0 Å². The number of ether oxygens (including phenoxy) is 2. The second-order valence-electron chi connectivity index (χ2n) is 16.6. The predicted octanol–water partition coefficient (Wildman–Crippen LogP) is 9.06. The van der Waals surface area contributed by atoms with E-state index >= 15 is 0 Å². The summed E-state index contributed by atoms with van der Waals surface area (Å²) in [5, 5.41) is 50.0. The highest BCUT2D eigenvalue weighted by Gasteiger charge is 2.51. The van der Waals surface area contributed by atoms with Gasteiger partial charge in [-0.15, -0.1) is 0 Å². The molecule has 8 atom stereocenters. The van der Waals surface area contributed by atoms with Crippen molar-refractivity contribution in [2.75, 3.05) is 13.2 Å². The highest BCUT2D eigenvalue weighted by molar-refractivity contribution is 7.47. The molecule has 13 nitrogen and oxygen atoms in total. The molecule has 0 aliphatic heterocycles. The van der Waals surface area contributed by atoms with Crippen molar-refractivity contribution >= 4 is 19.8 Å².